The molecule has 0 radical (unpaired) electrons. The van der Waals surface area contributed by atoms with Gasteiger partial charge in [0.2, 0.25) is 0 Å². The monoisotopic (exact) mass is 314 g/mol. The van der Waals surface area contributed by atoms with E-state index in [-0.39, 0.29) is 10.9 Å². The van der Waals surface area contributed by atoms with Crippen molar-refractivity contribution in [2.75, 3.05) is 13.7 Å². The molecule has 1 aromatic carbocycles. The fraction of sp³-hybridized carbons (Fsp3) is 0.400. The van der Waals surface area contributed by atoms with Crippen LogP contribution in [0.5, 0.6) is 0 Å². The Bertz CT molecular complexity index is 616. The van der Waals surface area contributed by atoms with Crippen molar-refractivity contribution in [3.8, 4) is 0 Å². The van der Waals surface area contributed by atoms with Crippen molar-refractivity contribution in [1.29, 1.82) is 0 Å². The van der Waals surface area contributed by atoms with Crippen molar-refractivity contribution >= 4 is 11.6 Å². The van der Waals surface area contributed by atoms with Crippen molar-refractivity contribution in [3.05, 3.63) is 52.3 Å². The second-order valence-electron chi connectivity index (χ2n) is 4.78. The Kier molecular flexibility index (Phi) is 5.31. The molecule has 2 aromatic rings. The molecule has 0 N–H and O–H groups in total. The lowest BCUT2D eigenvalue weighted by Gasteiger charge is -2.15. The van der Waals surface area contributed by atoms with Crippen LogP contribution < -0.4 is 0 Å². The maximum absolute atomic E-state index is 13.5. The zero-order chi connectivity index (χ0) is 15.4. The number of rotatable bonds is 6. The zero-order valence-corrected chi connectivity index (χ0v) is 12.7. The van der Waals surface area contributed by atoms with Crippen LogP contribution in [0.15, 0.2) is 24.5 Å². The third-order valence-electron chi connectivity index (χ3n) is 3.40. The second-order valence-corrected chi connectivity index (χ2v) is 5.19. The van der Waals surface area contributed by atoms with Crippen LogP contribution in [0.2, 0.25) is 5.02 Å². The van der Waals surface area contributed by atoms with Gasteiger partial charge in [-0.2, -0.15) is 5.10 Å². The maximum Gasteiger partial charge on any atom is 0.160 e. The van der Waals surface area contributed by atoms with Gasteiger partial charge < -0.3 is 4.74 Å². The highest BCUT2D eigenvalue weighted by molar-refractivity contribution is 6.31. The van der Waals surface area contributed by atoms with E-state index >= 15 is 0 Å². The first-order chi connectivity index (χ1) is 10.1. The van der Waals surface area contributed by atoms with Gasteiger partial charge in [-0.05, 0) is 29.7 Å². The van der Waals surface area contributed by atoms with Gasteiger partial charge in [0, 0.05) is 24.2 Å². The van der Waals surface area contributed by atoms with Crippen LogP contribution in [0, 0.1) is 11.6 Å². The molecule has 0 saturated carbocycles. The highest BCUT2D eigenvalue weighted by atomic mass is 35.5. The molecule has 21 heavy (non-hydrogen) atoms. The van der Waals surface area contributed by atoms with E-state index in [2.05, 4.69) is 5.10 Å². The second kappa shape index (κ2) is 7.00. The normalized spacial score (nSPS) is 12.6. The third kappa shape index (κ3) is 3.60. The highest BCUT2D eigenvalue weighted by Gasteiger charge is 2.19. The lowest BCUT2D eigenvalue weighted by molar-refractivity contribution is 0.183. The quantitative estimate of drug-likeness (QED) is 0.753. The number of halogens is 3. The average Bonchev–Trinajstić information content (AvgIpc) is 2.91. The summed E-state index contributed by atoms with van der Waals surface area (Å²) in [5.41, 5.74) is 1.49. The molecule has 0 amide bonds. The van der Waals surface area contributed by atoms with Crippen LogP contribution in [0.1, 0.15) is 30.4 Å². The van der Waals surface area contributed by atoms with Crippen LogP contribution in [0.25, 0.3) is 0 Å². The summed E-state index contributed by atoms with van der Waals surface area (Å²) in [7, 11) is 1.63. The smallest absolute Gasteiger partial charge is 0.160 e. The van der Waals surface area contributed by atoms with Gasteiger partial charge in [-0.3, -0.25) is 4.68 Å². The minimum atomic E-state index is -0.936. The van der Waals surface area contributed by atoms with Crippen LogP contribution in [0.4, 0.5) is 8.78 Å². The number of ether oxygens (including phenoxy) is 1. The molecule has 6 heteroatoms. The van der Waals surface area contributed by atoms with Crippen LogP contribution in [0.3, 0.4) is 0 Å². The van der Waals surface area contributed by atoms with Crippen LogP contribution >= 0.6 is 11.6 Å². The fourth-order valence-electron chi connectivity index (χ4n) is 2.31. The molecular formula is C15H17ClF2N2O. The van der Waals surface area contributed by atoms with E-state index in [1.165, 1.54) is 6.07 Å². The van der Waals surface area contributed by atoms with Gasteiger partial charge in [-0.15, -0.1) is 0 Å². The van der Waals surface area contributed by atoms with Gasteiger partial charge in [-0.25, -0.2) is 8.78 Å². The van der Waals surface area contributed by atoms with E-state index in [4.69, 9.17) is 16.3 Å². The number of hydrogen-bond acceptors (Lipinski definition) is 2. The fourth-order valence-corrected chi connectivity index (χ4v) is 2.59. The van der Waals surface area contributed by atoms with Gasteiger partial charge in [0.15, 0.2) is 11.6 Å². The van der Waals surface area contributed by atoms with E-state index in [0.29, 0.717) is 25.1 Å². The summed E-state index contributed by atoms with van der Waals surface area (Å²) in [4.78, 5) is 0. The average molecular weight is 315 g/mol. The molecule has 0 spiro atoms. The summed E-state index contributed by atoms with van der Waals surface area (Å²) in [6.07, 6.45) is 4.31. The molecule has 1 heterocycles. The standard InChI is InChI=1S/C15H17ClF2N2O/c1-3-11(10-8-19-20(9-10)4-5-21-2)12-6-14(17)15(18)7-13(12)16/h6-9,11H,3-5H2,1-2H3. The molecule has 0 fully saturated rings. The molecule has 1 unspecified atom stereocenters. The molecule has 0 saturated heterocycles. The van der Waals surface area contributed by atoms with Gasteiger partial charge in [0.1, 0.15) is 0 Å². The number of nitrogens with zero attached hydrogens (tertiary/aromatic N) is 2. The Labute approximate surface area is 127 Å². The van der Waals surface area contributed by atoms with E-state index in [0.717, 1.165) is 11.6 Å². The van der Waals surface area contributed by atoms with Gasteiger partial charge in [0.05, 0.1) is 19.3 Å². The van der Waals surface area contributed by atoms with E-state index in [1.807, 2.05) is 13.1 Å². The SMILES string of the molecule is CCC(c1cnn(CCOC)c1)c1cc(F)c(F)cc1Cl. The molecule has 0 aliphatic rings. The van der Waals surface area contributed by atoms with Gasteiger partial charge in [-0.1, -0.05) is 18.5 Å². The maximum atomic E-state index is 13.5. The van der Waals surface area contributed by atoms with E-state index in [1.54, 1.807) is 18.0 Å². The first-order valence-corrected chi connectivity index (χ1v) is 7.10. The summed E-state index contributed by atoms with van der Waals surface area (Å²) in [5, 5.41) is 4.47. The van der Waals surface area contributed by atoms with Gasteiger partial charge >= 0.3 is 0 Å². The molecule has 1 aromatic heterocycles. The van der Waals surface area contributed by atoms with Crippen LogP contribution in [-0.4, -0.2) is 23.5 Å². The molecule has 0 aliphatic carbocycles. The lowest BCUT2D eigenvalue weighted by atomic mass is 9.91. The summed E-state index contributed by atoms with van der Waals surface area (Å²) in [6.45, 7) is 3.16. The molecule has 114 valence electrons. The number of aromatic nitrogens is 2. The van der Waals surface area contributed by atoms with Crippen LogP contribution in [-0.2, 0) is 11.3 Å². The molecular weight excluding hydrogens is 298 g/mol. The number of methoxy groups -OCH3 is 1. The van der Waals surface area contributed by atoms with Crippen molar-refractivity contribution < 1.29 is 13.5 Å². The van der Waals surface area contributed by atoms with E-state index in [9.17, 15) is 8.78 Å². The number of benzene rings is 1. The predicted octanol–water partition coefficient (Wildman–Crippen LogP) is 4.00. The largest absolute Gasteiger partial charge is 0.383 e. The minimum Gasteiger partial charge on any atom is -0.383 e. The first-order valence-electron chi connectivity index (χ1n) is 6.72. The van der Waals surface area contributed by atoms with Crippen molar-refractivity contribution in [3.63, 3.8) is 0 Å². The van der Waals surface area contributed by atoms with Crippen molar-refractivity contribution in [2.24, 2.45) is 0 Å². The molecule has 3 nitrogen and oxygen atoms in total. The van der Waals surface area contributed by atoms with Crippen molar-refractivity contribution in [2.45, 2.75) is 25.8 Å². The van der Waals surface area contributed by atoms with E-state index < -0.39 is 11.6 Å². The molecule has 0 aliphatic heterocycles. The Balaban J connectivity index is 2.31. The molecule has 0 bridgehead atoms. The Hall–Kier alpha value is -1.46. The highest BCUT2D eigenvalue weighted by Crippen LogP contribution is 2.33. The first kappa shape index (κ1) is 15.9. The minimum absolute atomic E-state index is 0.121. The lowest BCUT2D eigenvalue weighted by Crippen LogP contribution is -2.05. The summed E-state index contributed by atoms with van der Waals surface area (Å²) in [6, 6.07) is 2.18. The Morgan fingerprint density at radius 2 is 2.05 bits per heavy atom. The Morgan fingerprint density at radius 1 is 1.33 bits per heavy atom. The van der Waals surface area contributed by atoms with Gasteiger partial charge in [0.25, 0.3) is 0 Å². The summed E-state index contributed by atoms with van der Waals surface area (Å²) >= 11 is 6.06. The predicted molar refractivity (Wildman–Crippen MR) is 77.6 cm³/mol. The summed E-state index contributed by atoms with van der Waals surface area (Å²) < 4.78 is 33.4. The third-order valence-corrected chi connectivity index (χ3v) is 3.73. The molecule has 2 rings (SSSR count). The molecule has 1 atom stereocenters. The topological polar surface area (TPSA) is 27.1 Å². The summed E-state index contributed by atoms with van der Waals surface area (Å²) in [5.74, 6) is -1.95. The Morgan fingerprint density at radius 3 is 2.71 bits per heavy atom. The zero-order valence-electron chi connectivity index (χ0n) is 11.9. The number of hydrogen-bond donors (Lipinski definition) is 0. The van der Waals surface area contributed by atoms with Crippen molar-refractivity contribution in [1.82, 2.24) is 9.78 Å².